The number of carbonyl (C=O) groups excluding carboxylic acids is 2. The number of ketones is 2. The van der Waals surface area contributed by atoms with Gasteiger partial charge in [-0.25, -0.2) is 0 Å². The number of fused-ring (bicyclic) bond motifs is 2. The van der Waals surface area contributed by atoms with E-state index in [2.05, 4.69) is 34.6 Å². The first-order valence-electron chi connectivity index (χ1n) is 11.0. The molecular weight excluding hydrogens is 414 g/mol. The van der Waals surface area contributed by atoms with Crippen molar-refractivity contribution in [2.45, 2.75) is 46.5 Å². The van der Waals surface area contributed by atoms with E-state index in [1.165, 1.54) is 11.6 Å². The maximum absolute atomic E-state index is 13.1. The van der Waals surface area contributed by atoms with Gasteiger partial charge in [0.05, 0.1) is 16.8 Å². The van der Waals surface area contributed by atoms with Crippen LogP contribution in [-0.2, 0) is 5.41 Å². The Kier molecular flexibility index (Phi) is 5.32. The Balaban J connectivity index is 1.68. The highest BCUT2D eigenvalue weighted by atomic mass is 16.5. The Morgan fingerprint density at radius 1 is 0.848 bits per heavy atom. The SMILES string of the molecule is CC(C)(C)CC(C)(C)c1ccc(Oc2cc(O)c3c(c2N)C(=O)c2ccccc2C3=O)cc1. The molecule has 3 N–H and O–H groups in total. The number of benzene rings is 3. The summed E-state index contributed by atoms with van der Waals surface area (Å²) in [6.07, 6.45) is 1.02. The highest BCUT2D eigenvalue weighted by Gasteiger charge is 2.35. The van der Waals surface area contributed by atoms with Gasteiger partial charge in [-0.05, 0) is 34.9 Å². The van der Waals surface area contributed by atoms with Crippen LogP contribution in [0.5, 0.6) is 17.2 Å². The second-order valence-corrected chi connectivity index (χ2v) is 10.5. The van der Waals surface area contributed by atoms with Crippen molar-refractivity contribution >= 4 is 17.3 Å². The van der Waals surface area contributed by atoms with E-state index in [9.17, 15) is 14.7 Å². The van der Waals surface area contributed by atoms with Crippen molar-refractivity contribution in [3.8, 4) is 17.2 Å². The number of carbonyl (C=O) groups is 2. The van der Waals surface area contributed by atoms with Crippen LogP contribution in [0.1, 0.15) is 78.4 Å². The molecule has 0 fully saturated rings. The van der Waals surface area contributed by atoms with Crippen LogP contribution in [0.4, 0.5) is 5.69 Å². The molecule has 0 heterocycles. The molecule has 0 unspecified atom stereocenters. The largest absolute Gasteiger partial charge is 0.507 e. The number of phenolic OH excluding ortho intramolecular Hbond substituents is 1. The topological polar surface area (TPSA) is 89.6 Å². The molecule has 1 aliphatic carbocycles. The lowest BCUT2D eigenvalue weighted by Gasteiger charge is -2.33. The highest BCUT2D eigenvalue weighted by Crippen LogP contribution is 2.43. The van der Waals surface area contributed by atoms with Gasteiger partial charge in [-0.1, -0.05) is 71.0 Å². The lowest BCUT2D eigenvalue weighted by Crippen LogP contribution is -2.24. The molecule has 3 aromatic rings. The number of anilines is 1. The molecule has 0 amide bonds. The molecule has 0 atom stereocenters. The lowest BCUT2D eigenvalue weighted by atomic mass is 9.72. The predicted molar refractivity (Wildman–Crippen MR) is 129 cm³/mol. The highest BCUT2D eigenvalue weighted by molar-refractivity contribution is 6.31. The first-order chi connectivity index (χ1) is 15.4. The van der Waals surface area contributed by atoms with Crippen molar-refractivity contribution < 1.29 is 19.4 Å². The van der Waals surface area contributed by atoms with E-state index in [0.717, 1.165) is 6.42 Å². The molecule has 170 valence electrons. The first kappa shape index (κ1) is 22.6. The van der Waals surface area contributed by atoms with Gasteiger partial charge < -0.3 is 15.6 Å². The van der Waals surface area contributed by atoms with Crippen molar-refractivity contribution in [3.63, 3.8) is 0 Å². The fraction of sp³-hybridized carbons (Fsp3) is 0.286. The zero-order chi connectivity index (χ0) is 24.1. The molecule has 1 aliphatic rings. The fourth-order valence-electron chi connectivity index (χ4n) is 4.89. The van der Waals surface area contributed by atoms with Crippen LogP contribution in [-0.4, -0.2) is 16.7 Å². The van der Waals surface area contributed by atoms with Crippen LogP contribution in [0.25, 0.3) is 0 Å². The van der Waals surface area contributed by atoms with E-state index in [0.29, 0.717) is 5.75 Å². The lowest BCUT2D eigenvalue weighted by molar-refractivity contribution is 0.0977. The number of aromatic hydroxyl groups is 1. The third-order valence-corrected chi connectivity index (χ3v) is 6.02. The van der Waals surface area contributed by atoms with Gasteiger partial charge in [-0.3, -0.25) is 9.59 Å². The quantitative estimate of drug-likeness (QED) is 0.287. The standard InChI is InChI=1S/C28H29NO4/c1-27(2,3)15-28(4,5)16-10-12-17(13-11-16)33-21-14-20(30)22-23(24(21)29)26(32)19-9-7-6-8-18(19)25(22)31/h6-14,30H,15,29H2,1-5H3. The van der Waals surface area contributed by atoms with Crippen molar-refractivity contribution in [1.29, 1.82) is 0 Å². The van der Waals surface area contributed by atoms with Crippen LogP contribution < -0.4 is 10.5 Å². The molecule has 0 aromatic heterocycles. The van der Waals surface area contributed by atoms with Gasteiger partial charge >= 0.3 is 0 Å². The second kappa shape index (κ2) is 7.77. The normalized spacial score (nSPS) is 13.5. The Morgan fingerprint density at radius 3 is 1.94 bits per heavy atom. The number of nitrogens with two attached hydrogens (primary N) is 1. The Bertz CT molecular complexity index is 1260. The zero-order valence-electron chi connectivity index (χ0n) is 19.7. The summed E-state index contributed by atoms with van der Waals surface area (Å²) in [5, 5.41) is 10.6. The minimum absolute atomic E-state index is 0.0138. The number of ether oxygens (including phenoxy) is 1. The maximum atomic E-state index is 13.1. The molecule has 0 bridgehead atoms. The molecule has 33 heavy (non-hydrogen) atoms. The number of phenols is 1. The van der Waals surface area contributed by atoms with Gasteiger partial charge in [0.1, 0.15) is 11.5 Å². The molecule has 0 radical (unpaired) electrons. The van der Waals surface area contributed by atoms with Crippen molar-refractivity contribution in [2.24, 2.45) is 5.41 Å². The molecule has 0 saturated heterocycles. The van der Waals surface area contributed by atoms with Gasteiger partial charge in [-0.2, -0.15) is 0 Å². The average Bonchev–Trinajstić information content (AvgIpc) is 2.73. The maximum Gasteiger partial charge on any atom is 0.198 e. The van der Waals surface area contributed by atoms with E-state index in [1.54, 1.807) is 24.3 Å². The number of nitrogen functional groups attached to an aromatic ring is 1. The molecule has 5 heteroatoms. The van der Waals surface area contributed by atoms with Gasteiger partial charge in [0.2, 0.25) is 0 Å². The minimum Gasteiger partial charge on any atom is -0.507 e. The number of hydrogen-bond donors (Lipinski definition) is 2. The monoisotopic (exact) mass is 443 g/mol. The summed E-state index contributed by atoms with van der Waals surface area (Å²) in [7, 11) is 0. The van der Waals surface area contributed by atoms with Gasteiger partial charge in [0.25, 0.3) is 0 Å². The summed E-state index contributed by atoms with van der Waals surface area (Å²) in [5.41, 5.74) is 8.11. The van der Waals surface area contributed by atoms with Crippen LogP contribution in [0.15, 0.2) is 54.6 Å². The Labute approximate surface area is 194 Å². The van der Waals surface area contributed by atoms with Crippen LogP contribution >= 0.6 is 0 Å². The molecule has 4 rings (SSSR count). The molecular formula is C28H29NO4. The third-order valence-electron chi connectivity index (χ3n) is 6.02. The van der Waals surface area contributed by atoms with Crippen LogP contribution in [0.3, 0.4) is 0 Å². The molecule has 0 saturated carbocycles. The van der Waals surface area contributed by atoms with E-state index >= 15 is 0 Å². The average molecular weight is 444 g/mol. The van der Waals surface area contributed by atoms with Crippen LogP contribution in [0.2, 0.25) is 0 Å². The minimum atomic E-state index is -0.429. The summed E-state index contributed by atoms with van der Waals surface area (Å²) < 4.78 is 5.95. The molecule has 0 aliphatic heterocycles. The summed E-state index contributed by atoms with van der Waals surface area (Å²) in [5.74, 6) is -0.510. The van der Waals surface area contributed by atoms with E-state index in [-0.39, 0.29) is 50.3 Å². The Hall–Kier alpha value is -3.60. The fourth-order valence-corrected chi connectivity index (χ4v) is 4.89. The molecule has 3 aromatic carbocycles. The summed E-state index contributed by atoms with van der Waals surface area (Å²) in [6, 6.07) is 15.5. The van der Waals surface area contributed by atoms with Crippen molar-refractivity contribution in [3.05, 3.63) is 82.4 Å². The molecule has 0 spiro atoms. The predicted octanol–water partition coefficient (Wildman–Crippen LogP) is 6.26. The second-order valence-electron chi connectivity index (χ2n) is 10.5. The van der Waals surface area contributed by atoms with Crippen molar-refractivity contribution in [1.82, 2.24) is 0 Å². The third kappa shape index (κ3) is 4.11. The van der Waals surface area contributed by atoms with Gasteiger partial charge in [-0.15, -0.1) is 0 Å². The summed E-state index contributed by atoms with van der Waals surface area (Å²) >= 11 is 0. The number of hydrogen-bond acceptors (Lipinski definition) is 5. The number of rotatable bonds is 4. The zero-order valence-corrected chi connectivity index (χ0v) is 19.7. The smallest absolute Gasteiger partial charge is 0.198 e. The summed E-state index contributed by atoms with van der Waals surface area (Å²) in [4.78, 5) is 26.0. The Morgan fingerprint density at radius 2 is 1.39 bits per heavy atom. The van der Waals surface area contributed by atoms with Crippen LogP contribution in [0, 0.1) is 5.41 Å². The summed E-state index contributed by atoms with van der Waals surface area (Å²) in [6.45, 7) is 11.1. The van der Waals surface area contributed by atoms with Gasteiger partial charge in [0.15, 0.2) is 17.3 Å². The van der Waals surface area contributed by atoms with E-state index < -0.39 is 11.6 Å². The van der Waals surface area contributed by atoms with Crippen molar-refractivity contribution in [2.75, 3.05) is 5.73 Å². The molecule has 5 nitrogen and oxygen atoms in total. The van der Waals surface area contributed by atoms with E-state index in [4.69, 9.17) is 10.5 Å². The first-order valence-corrected chi connectivity index (χ1v) is 11.0. The van der Waals surface area contributed by atoms with Gasteiger partial charge in [0, 0.05) is 17.2 Å². The van der Waals surface area contributed by atoms with E-state index in [1.807, 2.05) is 24.3 Å².